The molecule has 0 spiro atoms. The molecule has 112 valence electrons. The van der Waals surface area contributed by atoms with Crippen LogP contribution in [0.2, 0.25) is 0 Å². The van der Waals surface area contributed by atoms with Crippen molar-refractivity contribution in [2.45, 2.75) is 46.6 Å². The molecule has 0 saturated carbocycles. The SMILES string of the molecule is CCCNC(Cc1cccc(C)c1)c1cc(C)nc(C)c1. The first kappa shape index (κ1) is 15.7. The minimum Gasteiger partial charge on any atom is -0.310 e. The van der Waals surface area contributed by atoms with E-state index in [4.69, 9.17) is 0 Å². The number of aryl methyl sites for hydroxylation is 3. The van der Waals surface area contributed by atoms with E-state index in [0.717, 1.165) is 30.8 Å². The summed E-state index contributed by atoms with van der Waals surface area (Å²) in [5, 5.41) is 3.68. The molecule has 1 unspecified atom stereocenters. The van der Waals surface area contributed by atoms with Gasteiger partial charge in [-0.1, -0.05) is 36.8 Å². The maximum atomic E-state index is 4.49. The Morgan fingerprint density at radius 2 is 1.76 bits per heavy atom. The second kappa shape index (κ2) is 7.37. The van der Waals surface area contributed by atoms with E-state index in [0.29, 0.717) is 6.04 Å². The van der Waals surface area contributed by atoms with Crippen LogP contribution in [0.25, 0.3) is 0 Å². The van der Waals surface area contributed by atoms with Gasteiger partial charge in [-0.2, -0.15) is 0 Å². The maximum Gasteiger partial charge on any atom is 0.0379 e. The molecule has 1 atom stereocenters. The number of pyridine rings is 1. The standard InChI is InChI=1S/C19H26N2/c1-5-9-20-19(13-17-8-6-7-14(2)10-17)18-11-15(3)21-16(4)12-18/h6-8,10-12,19-20H,5,9,13H2,1-4H3. The number of rotatable bonds is 6. The molecule has 1 aromatic carbocycles. The summed E-state index contributed by atoms with van der Waals surface area (Å²) < 4.78 is 0. The van der Waals surface area contributed by atoms with Crippen molar-refractivity contribution in [1.29, 1.82) is 0 Å². The second-order valence-electron chi connectivity index (χ2n) is 5.88. The van der Waals surface area contributed by atoms with Crippen LogP contribution in [-0.2, 0) is 6.42 Å². The lowest BCUT2D eigenvalue weighted by Gasteiger charge is -2.20. The van der Waals surface area contributed by atoms with E-state index < -0.39 is 0 Å². The molecule has 1 aromatic heterocycles. The Kier molecular flexibility index (Phi) is 5.51. The van der Waals surface area contributed by atoms with Gasteiger partial charge in [0, 0.05) is 17.4 Å². The summed E-state index contributed by atoms with van der Waals surface area (Å²) >= 11 is 0. The van der Waals surface area contributed by atoms with Gasteiger partial charge in [0.05, 0.1) is 0 Å². The molecule has 0 aliphatic rings. The van der Waals surface area contributed by atoms with E-state index in [1.165, 1.54) is 16.7 Å². The molecule has 0 radical (unpaired) electrons. The number of hydrogen-bond donors (Lipinski definition) is 1. The molecule has 1 heterocycles. The van der Waals surface area contributed by atoms with Gasteiger partial charge in [0.15, 0.2) is 0 Å². The van der Waals surface area contributed by atoms with E-state index in [1.807, 2.05) is 0 Å². The van der Waals surface area contributed by atoms with Crippen LogP contribution < -0.4 is 5.32 Å². The van der Waals surface area contributed by atoms with Crippen molar-refractivity contribution in [3.05, 3.63) is 64.5 Å². The average Bonchev–Trinajstić information content (AvgIpc) is 2.42. The van der Waals surface area contributed by atoms with Gasteiger partial charge in [-0.25, -0.2) is 0 Å². The van der Waals surface area contributed by atoms with Gasteiger partial charge in [-0.05, 0) is 63.4 Å². The van der Waals surface area contributed by atoms with Crippen LogP contribution in [0.5, 0.6) is 0 Å². The van der Waals surface area contributed by atoms with Crippen LogP contribution in [0.15, 0.2) is 36.4 Å². The van der Waals surface area contributed by atoms with Crippen LogP contribution in [-0.4, -0.2) is 11.5 Å². The summed E-state index contributed by atoms with van der Waals surface area (Å²) in [5.41, 5.74) is 6.24. The Bertz CT molecular complexity index is 570. The fourth-order valence-corrected chi connectivity index (χ4v) is 2.77. The number of aromatic nitrogens is 1. The van der Waals surface area contributed by atoms with E-state index >= 15 is 0 Å². The Labute approximate surface area is 128 Å². The second-order valence-corrected chi connectivity index (χ2v) is 5.88. The van der Waals surface area contributed by atoms with Gasteiger partial charge < -0.3 is 5.32 Å². The first-order valence-electron chi connectivity index (χ1n) is 7.82. The topological polar surface area (TPSA) is 24.9 Å². The Morgan fingerprint density at radius 1 is 1.05 bits per heavy atom. The van der Waals surface area contributed by atoms with Crippen molar-refractivity contribution >= 4 is 0 Å². The van der Waals surface area contributed by atoms with Crippen molar-refractivity contribution in [2.75, 3.05) is 6.54 Å². The normalized spacial score (nSPS) is 12.4. The zero-order chi connectivity index (χ0) is 15.2. The third-order valence-corrected chi connectivity index (χ3v) is 3.67. The Morgan fingerprint density at radius 3 is 2.38 bits per heavy atom. The lowest BCUT2D eigenvalue weighted by Crippen LogP contribution is -2.24. The fraction of sp³-hybridized carbons (Fsp3) is 0.421. The average molecular weight is 282 g/mol. The Hall–Kier alpha value is -1.67. The van der Waals surface area contributed by atoms with Crippen molar-refractivity contribution in [3.63, 3.8) is 0 Å². The van der Waals surface area contributed by atoms with Crippen LogP contribution >= 0.6 is 0 Å². The summed E-state index contributed by atoms with van der Waals surface area (Å²) in [6, 6.07) is 13.6. The molecule has 0 amide bonds. The van der Waals surface area contributed by atoms with E-state index in [-0.39, 0.29) is 0 Å². The number of hydrogen-bond acceptors (Lipinski definition) is 2. The molecule has 0 saturated heterocycles. The molecule has 0 fully saturated rings. The van der Waals surface area contributed by atoms with Crippen molar-refractivity contribution in [1.82, 2.24) is 10.3 Å². The van der Waals surface area contributed by atoms with Crippen molar-refractivity contribution in [2.24, 2.45) is 0 Å². The van der Waals surface area contributed by atoms with E-state index in [2.05, 4.69) is 74.4 Å². The van der Waals surface area contributed by atoms with Crippen LogP contribution in [0, 0.1) is 20.8 Å². The highest BCUT2D eigenvalue weighted by molar-refractivity contribution is 5.28. The first-order chi connectivity index (χ1) is 10.1. The largest absolute Gasteiger partial charge is 0.310 e. The predicted octanol–water partition coefficient (Wildman–Crippen LogP) is 4.29. The summed E-state index contributed by atoms with van der Waals surface area (Å²) in [6.07, 6.45) is 2.16. The smallest absolute Gasteiger partial charge is 0.0379 e. The van der Waals surface area contributed by atoms with Gasteiger partial charge in [-0.15, -0.1) is 0 Å². The minimum atomic E-state index is 0.354. The minimum absolute atomic E-state index is 0.354. The van der Waals surface area contributed by atoms with Crippen LogP contribution in [0.4, 0.5) is 0 Å². The number of benzene rings is 1. The molecule has 2 aromatic rings. The maximum absolute atomic E-state index is 4.49. The lowest BCUT2D eigenvalue weighted by molar-refractivity contribution is 0.528. The summed E-state index contributed by atoms with van der Waals surface area (Å²) in [7, 11) is 0. The molecule has 2 heteroatoms. The summed E-state index contributed by atoms with van der Waals surface area (Å²) in [4.78, 5) is 4.49. The zero-order valence-corrected chi connectivity index (χ0v) is 13.6. The van der Waals surface area contributed by atoms with E-state index in [9.17, 15) is 0 Å². The molecule has 1 N–H and O–H groups in total. The first-order valence-corrected chi connectivity index (χ1v) is 7.82. The third kappa shape index (κ3) is 4.68. The summed E-state index contributed by atoms with van der Waals surface area (Å²) in [6.45, 7) is 9.54. The third-order valence-electron chi connectivity index (χ3n) is 3.67. The van der Waals surface area contributed by atoms with Gasteiger partial charge >= 0.3 is 0 Å². The summed E-state index contributed by atoms with van der Waals surface area (Å²) in [5.74, 6) is 0. The highest BCUT2D eigenvalue weighted by Gasteiger charge is 2.13. The van der Waals surface area contributed by atoms with Crippen LogP contribution in [0.1, 0.15) is 47.5 Å². The molecule has 0 bridgehead atoms. The predicted molar refractivity (Wildman–Crippen MR) is 89.6 cm³/mol. The zero-order valence-electron chi connectivity index (χ0n) is 13.6. The molecule has 21 heavy (non-hydrogen) atoms. The molecular weight excluding hydrogens is 256 g/mol. The highest BCUT2D eigenvalue weighted by Crippen LogP contribution is 2.20. The Balaban J connectivity index is 2.25. The van der Waals surface area contributed by atoms with Gasteiger partial charge in [0.2, 0.25) is 0 Å². The van der Waals surface area contributed by atoms with Gasteiger partial charge in [-0.3, -0.25) is 4.98 Å². The highest BCUT2D eigenvalue weighted by atomic mass is 14.9. The molecule has 0 aliphatic carbocycles. The van der Waals surface area contributed by atoms with Gasteiger partial charge in [0.25, 0.3) is 0 Å². The van der Waals surface area contributed by atoms with Crippen LogP contribution in [0.3, 0.4) is 0 Å². The molecular formula is C19H26N2. The number of nitrogens with one attached hydrogen (secondary N) is 1. The molecule has 2 rings (SSSR count). The lowest BCUT2D eigenvalue weighted by atomic mass is 9.97. The number of nitrogens with zero attached hydrogens (tertiary/aromatic N) is 1. The van der Waals surface area contributed by atoms with Crippen molar-refractivity contribution in [3.8, 4) is 0 Å². The molecule has 0 aliphatic heterocycles. The fourth-order valence-electron chi connectivity index (χ4n) is 2.77. The molecule has 2 nitrogen and oxygen atoms in total. The van der Waals surface area contributed by atoms with E-state index in [1.54, 1.807) is 0 Å². The quantitative estimate of drug-likeness (QED) is 0.855. The van der Waals surface area contributed by atoms with Gasteiger partial charge in [0.1, 0.15) is 0 Å². The monoisotopic (exact) mass is 282 g/mol. The van der Waals surface area contributed by atoms with Crippen molar-refractivity contribution < 1.29 is 0 Å².